The second kappa shape index (κ2) is 4.25. The first kappa shape index (κ1) is 9.89. The summed E-state index contributed by atoms with van der Waals surface area (Å²) in [5.41, 5.74) is 1.01. The summed E-state index contributed by atoms with van der Waals surface area (Å²) in [5, 5.41) is 6.67. The van der Waals surface area contributed by atoms with Gasteiger partial charge in [0.1, 0.15) is 0 Å². The van der Waals surface area contributed by atoms with Crippen LogP contribution < -0.4 is 16.2 Å². The lowest BCUT2D eigenvalue weighted by molar-refractivity contribution is 0.429. The largest absolute Gasteiger partial charge is 0.328 e. The van der Waals surface area contributed by atoms with Crippen molar-refractivity contribution >= 4 is 15.9 Å². The van der Waals surface area contributed by atoms with Crippen LogP contribution in [0, 0.1) is 0 Å². The Morgan fingerprint density at radius 2 is 2.29 bits per heavy atom. The van der Waals surface area contributed by atoms with Crippen molar-refractivity contribution in [1.82, 2.24) is 15.6 Å². The van der Waals surface area contributed by atoms with Crippen LogP contribution in [0.15, 0.2) is 21.5 Å². The molecule has 3 N–H and O–H groups in total. The van der Waals surface area contributed by atoms with E-state index in [1.54, 1.807) is 6.20 Å². The predicted molar refractivity (Wildman–Crippen MR) is 58.4 cm³/mol. The SMILES string of the molecule is O=c1[nH]cc(C2CNCCN2)cc1Br. The molecule has 0 aliphatic carbocycles. The van der Waals surface area contributed by atoms with Crippen molar-refractivity contribution < 1.29 is 0 Å². The van der Waals surface area contributed by atoms with Gasteiger partial charge in [-0.2, -0.15) is 0 Å². The maximum atomic E-state index is 11.1. The molecule has 1 saturated heterocycles. The summed E-state index contributed by atoms with van der Waals surface area (Å²) in [6.07, 6.45) is 1.76. The third-order valence-corrected chi connectivity index (χ3v) is 2.91. The van der Waals surface area contributed by atoms with Crippen molar-refractivity contribution in [3.8, 4) is 0 Å². The van der Waals surface area contributed by atoms with E-state index in [0.717, 1.165) is 25.2 Å². The minimum absolute atomic E-state index is 0.0856. The minimum Gasteiger partial charge on any atom is -0.328 e. The van der Waals surface area contributed by atoms with E-state index in [9.17, 15) is 4.79 Å². The average molecular weight is 258 g/mol. The number of H-pyrrole nitrogens is 1. The molecule has 1 aromatic rings. The molecule has 1 unspecified atom stereocenters. The number of rotatable bonds is 1. The first-order valence-corrected chi connectivity index (χ1v) is 5.39. The molecule has 2 rings (SSSR count). The quantitative estimate of drug-likeness (QED) is 0.682. The van der Waals surface area contributed by atoms with Crippen LogP contribution in [-0.2, 0) is 0 Å². The van der Waals surface area contributed by atoms with Crippen molar-refractivity contribution in [1.29, 1.82) is 0 Å². The van der Waals surface area contributed by atoms with Gasteiger partial charge in [-0.3, -0.25) is 4.79 Å². The minimum atomic E-state index is -0.0856. The smallest absolute Gasteiger partial charge is 0.262 e. The highest BCUT2D eigenvalue weighted by molar-refractivity contribution is 9.10. The summed E-state index contributed by atoms with van der Waals surface area (Å²) in [7, 11) is 0. The van der Waals surface area contributed by atoms with Gasteiger partial charge in [0.25, 0.3) is 5.56 Å². The van der Waals surface area contributed by atoms with Crippen molar-refractivity contribution in [3.05, 3.63) is 32.7 Å². The molecule has 0 bridgehead atoms. The highest BCUT2D eigenvalue weighted by Gasteiger charge is 2.14. The molecule has 14 heavy (non-hydrogen) atoms. The molecule has 76 valence electrons. The molecule has 1 aliphatic heterocycles. The van der Waals surface area contributed by atoms with Gasteiger partial charge in [0.05, 0.1) is 4.47 Å². The molecule has 5 heteroatoms. The van der Waals surface area contributed by atoms with E-state index < -0.39 is 0 Å². The van der Waals surface area contributed by atoms with Gasteiger partial charge < -0.3 is 15.6 Å². The lowest BCUT2D eigenvalue weighted by Crippen LogP contribution is -2.42. The maximum Gasteiger partial charge on any atom is 0.262 e. The Balaban J connectivity index is 2.22. The summed E-state index contributed by atoms with van der Waals surface area (Å²) in [6, 6.07) is 2.15. The van der Waals surface area contributed by atoms with Crippen LogP contribution in [0.2, 0.25) is 0 Å². The van der Waals surface area contributed by atoms with Gasteiger partial charge in [0.2, 0.25) is 0 Å². The molecular weight excluding hydrogens is 246 g/mol. The van der Waals surface area contributed by atoms with E-state index in [0.29, 0.717) is 4.47 Å². The Morgan fingerprint density at radius 1 is 1.43 bits per heavy atom. The van der Waals surface area contributed by atoms with Crippen molar-refractivity contribution in [3.63, 3.8) is 0 Å². The van der Waals surface area contributed by atoms with E-state index in [1.165, 1.54) is 0 Å². The van der Waals surface area contributed by atoms with Crippen molar-refractivity contribution in [2.75, 3.05) is 19.6 Å². The van der Waals surface area contributed by atoms with Crippen molar-refractivity contribution in [2.24, 2.45) is 0 Å². The molecule has 1 aliphatic rings. The van der Waals surface area contributed by atoms with E-state index in [4.69, 9.17) is 0 Å². The third kappa shape index (κ3) is 2.05. The summed E-state index contributed by atoms with van der Waals surface area (Å²) in [4.78, 5) is 13.8. The first-order chi connectivity index (χ1) is 6.77. The molecule has 0 spiro atoms. The van der Waals surface area contributed by atoms with Gasteiger partial charge in [0.15, 0.2) is 0 Å². The number of aromatic nitrogens is 1. The predicted octanol–water partition coefficient (Wildman–Crippen LogP) is 0.371. The van der Waals surface area contributed by atoms with Crippen LogP contribution in [0.5, 0.6) is 0 Å². The van der Waals surface area contributed by atoms with Crippen molar-refractivity contribution in [2.45, 2.75) is 6.04 Å². The normalized spacial score (nSPS) is 22.2. The Hall–Kier alpha value is -0.650. The Labute approximate surface area is 90.2 Å². The molecule has 1 aromatic heterocycles. The second-order valence-corrected chi connectivity index (χ2v) is 4.18. The highest BCUT2D eigenvalue weighted by atomic mass is 79.9. The lowest BCUT2D eigenvalue weighted by Gasteiger charge is -2.24. The number of hydrogen-bond acceptors (Lipinski definition) is 3. The fraction of sp³-hybridized carbons (Fsp3) is 0.444. The van der Waals surface area contributed by atoms with Gasteiger partial charge in [-0.25, -0.2) is 0 Å². The van der Waals surface area contributed by atoms with Gasteiger partial charge in [0, 0.05) is 31.9 Å². The highest BCUT2D eigenvalue weighted by Crippen LogP contribution is 2.14. The zero-order valence-corrected chi connectivity index (χ0v) is 9.23. The first-order valence-electron chi connectivity index (χ1n) is 4.59. The number of hydrogen-bond donors (Lipinski definition) is 3. The maximum absolute atomic E-state index is 11.1. The zero-order chi connectivity index (χ0) is 9.97. The number of piperazine rings is 1. The number of pyridine rings is 1. The number of halogens is 1. The van der Waals surface area contributed by atoms with Crippen LogP contribution in [0.1, 0.15) is 11.6 Å². The van der Waals surface area contributed by atoms with Gasteiger partial charge in [-0.1, -0.05) is 0 Å². The molecule has 4 nitrogen and oxygen atoms in total. The Morgan fingerprint density at radius 3 is 2.93 bits per heavy atom. The molecule has 0 saturated carbocycles. The summed E-state index contributed by atoms with van der Waals surface area (Å²) < 4.78 is 0.586. The molecule has 1 fully saturated rings. The fourth-order valence-corrected chi connectivity index (χ4v) is 1.94. The van der Waals surface area contributed by atoms with E-state index in [1.807, 2.05) is 6.07 Å². The van der Waals surface area contributed by atoms with E-state index in [2.05, 4.69) is 31.5 Å². The molecule has 0 aromatic carbocycles. The standard InChI is InChI=1S/C9H12BrN3O/c10-7-3-6(4-13-9(7)14)8-5-11-1-2-12-8/h3-4,8,11-12H,1-2,5H2,(H,13,14). The fourth-order valence-electron chi connectivity index (χ4n) is 1.56. The Bertz CT molecular complexity index is 371. The van der Waals surface area contributed by atoms with Crippen LogP contribution >= 0.6 is 15.9 Å². The Kier molecular flexibility index (Phi) is 3.00. The molecule has 0 radical (unpaired) electrons. The molecular formula is C9H12BrN3O. The second-order valence-electron chi connectivity index (χ2n) is 3.32. The third-order valence-electron chi connectivity index (χ3n) is 2.32. The summed E-state index contributed by atoms with van der Waals surface area (Å²) >= 11 is 3.22. The van der Waals surface area contributed by atoms with E-state index >= 15 is 0 Å². The zero-order valence-electron chi connectivity index (χ0n) is 7.64. The van der Waals surface area contributed by atoms with E-state index in [-0.39, 0.29) is 11.6 Å². The lowest BCUT2D eigenvalue weighted by atomic mass is 10.1. The molecule has 2 heterocycles. The van der Waals surface area contributed by atoms with Crippen LogP contribution in [0.25, 0.3) is 0 Å². The van der Waals surface area contributed by atoms with Gasteiger partial charge >= 0.3 is 0 Å². The average Bonchev–Trinajstić information content (AvgIpc) is 2.23. The monoisotopic (exact) mass is 257 g/mol. The van der Waals surface area contributed by atoms with Crippen LogP contribution in [-0.4, -0.2) is 24.6 Å². The van der Waals surface area contributed by atoms with Gasteiger partial charge in [-0.05, 0) is 27.6 Å². The number of nitrogens with one attached hydrogen (secondary N) is 3. The summed E-state index contributed by atoms with van der Waals surface area (Å²) in [5.74, 6) is 0. The van der Waals surface area contributed by atoms with Gasteiger partial charge in [-0.15, -0.1) is 0 Å². The molecule has 1 atom stereocenters. The van der Waals surface area contributed by atoms with Crippen LogP contribution in [0.4, 0.5) is 0 Å². The summed E-state index contributed by atoms with van der Waals surface area (Å²) in [6.45, 7) is 2.86. The molecule has 0 amide bonds. The topological polar surface area (TPSA) is 56.9 Å². The van der Waals surface area contributed by atoms with Crippen LogP contribution in [0.3, 0.4) is 0 Å². The number of aromatic amines is 1.